The molecular weight excluding hydrogens is 353 g/mol. The number of halogens is 3. The summed E-state index contributed by atoms with van der Waals surface area (Å²) in [6.45, 7) is 0.450. The van der Waals surface area contributed by atoms with Gasteiger partial charge in [0.2, 0.25) is 0 Å². The first kappa shape index (κ1) is 14.3. The molecule has 19 heavy (non-hydrogen) atoms. The molecule has 0 unspecified atom stereocenters. The van der Waals surface area contributed by atoms with E-state index in [1.165, 1.54) is 12.1 Å². The lowest BCUT2D eigenvalue weighted by molar-refractivity contribution is 0.403. The van der Waals surface area contributed by atoms with E-state index in [0.29, 0.717) is 22.3 Å². The predicted octanol–water partition coefficient (Wildman–Crippen LogP) is 4.78. The van der Waals surface area contributed by atoms with Crippen LogP contribution in [-0.4, -0.2) is 10.2 Å². The van der Waals surface area contributed by atoms with Crippen molar-refractivity contribution in [2.75, 3.05) is 5.32 Å². The number of hydrogen-bond donors (Lipinski definition) is 3. The van der Waals surface area contributed by atoms with E-state index in [-0.39, 0.29) is 11.5 Å². The van der Waals surface area contributed by atoms with Crippen molar-refractivity contribution in [2.24, 2.45) is 0 Å². The molecule has 2 rings (SSSR count). The summed E-state index contributed by atoms with van der Waals surface area (Å²) < 4.78 is 0.729. The van der Waals surface area contributed by atoms with E-state index in [9.17, 15) is 10.2 Å². The maximum Gasteiger partial charge on any atom is 0.157 e. The summed E-state index contributed by atoms with van der Waals surface area (Å²) in [7, 11) is 0. The zero-order valence-corrected chi connectivity index (χ0v) is 12.7. The quantitative estimate of drug-likeness (QED) is 0.544. The fraction of sp³-hybridized carbons (Fsp3) is 0.0769. The first-order chi connectivity index (χ1) is 8.99. The normalized spacial score (nSPS) is 10.5. The van der Waals surface area contributed by atoms with Gasteiger partial charge in [-0.05, 0) is 45.8 Å². The number of rotatable bonds is 3. The zero-order chi connectivity index (χ0) is 14.0. The van der Waals surface area contributed by atoms with Crippen molar-refractivity contribution in [3.63, 3.8) is 0 Å². The van der Waals surface area contributed by atoms with Gasteiger partial charge >= 0.3 is 0 Å². The SMILES string of the molecule is Oc1ccc(CNc2ccc(Br)c(Cl)c2Cl)cc1O. The maximum absolute atomic E-state index is 9.40. The van der Waals surface area contributed by atoms with Crippen LogP contribution >= 0.6 is 39.1 Å². The summed E-state index contributed by atoms with van der Waals surface area (Å²) in [5, 5.41) is 22.6. The van der Waals surface area contributed by atoms with Gasteiger partial charge < -0.3 is 15.5 Å². The summed E-state index contributed by atoms with van der Waals surface area (Å²) in [6.07, 6.45) is 0. The number of phenols is 2. The number of aromatic hydroxyl groups is 2. The van der Waals surface area contributed by atoms with Crippen LogP contribution in [0.5, 0.6) is 11.5 Å². The number of phenolic OH excluding ortho intramolecular Hbond substituents is 2. The van der Waals surface area contributed by atoms with E-state index >= 15 is 0 Å². The van der Waals surface area contributed by atoms with Crippen molar-refractivity contribution in [3.05, 3.63) is 50.4 Å². The molecule has 0 saturated heterocycles. The van der Waals surface area contributed by atoms with Gasteiger partial charge in [-0.1, -0.05) is 29.3 Å². The molecule has 100 valence electrons. The van der Waals surface area contributed by atoms with E-state index in [2.05, 4.69) is 21.2 Å². The second-order valence-electron chi connectivity index (χ2n) is 3.90. The molecule has 2 aromatic rings. The lowest BCUT2D eigenvalue weighted by atomic mass is 10.2. The highest BCUT2D eigenvalue weighted by atomic mass is 79.9. The molecule has 6 heteroatoms. The molecular formula is C13H10BrCl2NO2. The molecule has 0 radical (unpaired) electrons. The molecule has 0 spiro atoms. The van der Waals surface area contributed by atoms with Crippen molar-refractivity contribution in [1.82, 2.24) is 0 Å². The minimum Gasteiger partial charge on any atom is -0.504 e. The molecule has 0 fully saturated rings. The Hall–Kier alpha value is -1.10. The summed E-state index contributed by atoms with van der Waals surface area (Å²) >= 11 is 15.4. The van der Waals surface area contributed by atoms with E-state index in [1.807, 2.05) is 0 Å². The van der Waals surface area contributed by atoms with Crippen LogP contribution in [0.25, 0.3) is 0 Å². The van der Waals surface area contributed by atoms with Crippen LogP contribution in [0.3, 0.4) is 0 Å². The Morgan fingerprint density at radius 1 is 1.00 bits per heavy atom. The minimum atomic E-state index is -0.153. The molecule has 2 aromatic carbocycles. The number of benzene rings is 2. The third-order valence-corrected chi connectivity index (χ3v) is 4.33. The number of nitrogens with one attached hydrogen (secondary N) is 1. The van der Waals surface area contributed by atoms with E-state index in [4.69, 9.17) is 23.2 Å². The molecule has 0 aliphatic carbocycles. The molecule has 0 aromatic heterocycles. The summed E-state index contributed by atoms with van der Waals surface area (Å²) in [5.74, 6) is -0.298. The summed E-state index contributed by atoms with van der Waals surface area (Å²) in [4.78, 5) is 0. The van der Waals surface area contributed by atoms with Gasteiger partial charge in [-0.3, -0.25) is 0 Å². The molecule has 0 aliphatic rings. The number of anilines is 1. The molecule has 0 atom stereocenters. The summed E-state index contributed by atoms with van der Waals surface area (Å²) in [6, 6.07) is 8.22. The van der Waals surface area contributed by atoms with Crippen LogP contribution in [0.1, 0.15) is 5.56 Å². The molecule has 3 nitrogen and oxygen atoms in total. The Balaban J connectivity index is 2.14. The van der Waals surface area contributed by atoms with Crippen molar-refractivity contribution in [1.29, 1.82) is 0 Å². The van der Waals surface area contributed by atoms with Gasteiger partial charge in [-0.2, -0.15) is 0 Å². The molecule has 0 bridgehead atoms. The first-order valence-electron chi connectivity index (χ1n) is 5.37. The second-order valence-corrected chi connectivity index (χ2v) is 5.51. The highest BCUT2D eigenvalue weighted by Gasteiger charge is 2.08. The second kappa shape index (κ2) is 5.90. The Morgan fingerprint density at radius 2 is 1.74 bits per heavy atom. The van der Waals surface area contributed by atoms with Crippen LogP contribution in [0.15, 0.2) is 34.8 Å². The average Bonchev–Trinajstić information content (AvgIpc) is 2.39. The smallest absolute Gasteiger partial charge is 0.157 e. The Labute approximate surface area is 128 Å². The Bertz CT molecular complexity index is 620. The van der Waals surface area contributed by atoms with Gasteiger partial charge in [-0.25, -0.2) is 0 Å². The van der Waals surface area contributed by atoms with Crippen molar-refractivity contribution in [3.8, 4) is 11.5 Å². The largest absolute Gasteiger partial charge is 0.504 e. The Morgan fingerprint density at radius 3 is 2.42 bits per heavy atom. The lowest BCUT2D eigenvalue weighted by Crippen LogP contribution is -2.00. The topological polar surface area (TPSA) is 52.5 Å². The number of hydrogen-bond acceptors (Lipinski definition) is 3. The van der Waals surface area contributed by atoms with Crippen LogP contribution < -0.4 is 5.32 Å². The molecule has 0 amide bonds. The fourth-order valence-corrected chi connectivity index (χ4v) is 2.38. The molecule has 0 heterocycles. The summed E-state index contributed by atoms with van der Waals surface area (Å²) in [5.41, 5.74) is 1.51. The van der Waals surface area contributed by atoms with E-state index < -0.39 is 0 Å². The third-order valence-electron chi connectivity index (χ3n) is 2.56. The van der Waals surface area contributed by atoms with Crippen LogP contribution in [0.4, 0.5) is 5.69 Å². The van der Waals surface area contributed by atoms with Crippen molar-refractivity contribution in [2.45, 2.75) is 6.54 Å². The lowest BCUT2D eigenvalue weighted by Gasteiger charge is -2.11. The monoisotopic (exact) mass is 361 g/mol. The molecule has 0 saturated carbocycles. The maximum atomic E-state index is 9.40. The fourth-order valence-electron chi connectivity index (χ4n) is 1.54. The molecule has 0 aliphatic heterocycles. The van der Waals surface area contributed by atoms with E-state index in [0.717, 1.165) is 10.0 Å². The van der Waals surface area contributed by atoms with Crippen molar-refractivity contribution >= 4 is 44.8 Å². The van der Waals surface area contributed by atoms with Crippen molar-refractivity contribution < 1.29 is 10.2 Å². The standard InChI is InChI=1S/C13H10BrCl2NO2/c14-8-2-3-9(13(16)12(8)15)17-6-7-1-4-10(18)11(19)5-7/h1-5,17-19H,6H2. The highest BCUT2D eigenvalue weighted by molar-refractivity contribution is 9.10. The van der Waals surface area contributed by atoms with Crippen LogP contribution in [0.2, 0.25) is 10.0 Å². The minimum absolute atomic E-state index is 0.145. The van der Waals surface area contributed by atoms with Gasteiger partial charge in [0.25, 0.3) is 0 Å². The average molecular weight is 363 g/mol. The van der Waals surface area contributed by atoms with Gasteiger partial charge in [0.05, 0.1) is 15.7 Å². The third kappa shape index (κ3) is 3.26. The first-order valence-corrected chi connectivity index (χ1v) is 6.92. The van der Waals surface area contributed by atoms with Crippen LogP contribution in [0, 0.1) is 0 Å². The van der Waals surface area contributed by atoms with E-state index in [1.54, 1.807) is 18.2 Å². The highest BCUT2D eigenvalue weighted by Crippen LogP contribution is 2.36. The van der Waals surface area contributed by atoms with Gasteiger partial charge in [-0.15, -0.1) is 0 Å². The van der Waals surface area contributed by atoms with Gasteiger partial charge in [0.15, 0.2) is 11.5 Å². The predicted molar refractivity (Wildman–Crippen MR) is 81.3 cm³/mol. The van der Waals surface area contributed by atoms with Crippen LogP contribution in [-0.2, 0) is 6.54 Å². The zero-order valence-electron chi connectivity index (χ0n) is 9.62. The van der Waals surface area contributed by atoms with Gasteiger partial charge in [0.1, 0.15) is 0 Å². The Kier molecular flexibility index (Phi) is 4.45. The van der Waals surface area contributed by atoms with Gasteiger partial charge in [0, 0.05) is 11.0 Å². The molecule has 3 N–H and O–H groups in total.